The molecule has 1 aromatic carbocycles. The number of halogens is 1. The zero-order chi connectivity index (χ0) is 22.7. The van der Waals surface area contributed by atoms with Gasteiger partial charge in [0.2, 0.25) is 11.9 Å². The maximum atomic E-state index is 13.5. The fraction of sp³-hybridized carbons (Fsp3) is 0.560. The van der Waals surface area contributed by atoms with Gasteiger partial charge in [0, 0.05) is 44.9 Å². The summed E-state index contributed by atoms with van der Waals surface area (Å²) in [4.78, 5) is 26.2. The topological polar surface area (TPSA) is 69.6 Å². The highest BCUT2D eigenvalue weighted by Gasteiger charge is 2.35. The number of hydrogen-bond acceptors (Lipinski definition) is 5. The Kier molecular flexibility index (Phi) is 6.74. The van der Waals surface area contributed by atoms with Crippen LogP contribution < -0.4 is 4.90 Å². The Bertz CT molecular complexity index is 941. The van der Waals surface area contributed by atoms with E-state index in [1.165, 1.54) is 12.1 Å². The van der Waals surface area contributed by atoms with E-state index in [1.54, 1.807) is 18.3 Å². The molecule has 1 amide bonds. The summed E-state index contributed by atoms with van der Waals surface area (Å²) in [7, 11) is 3.80. The largest absolute Gasteiger partial charge is 0.389 e. The molecule has 1 saturated carbocycles. The molecule has 0 spiro atoms. The molecule has 1 saturated heterocycles. The van der Waals surface area contributed by atoms with Crippen molar-refractivity contribution in [2.45, 2.75) is 62.9 Å². The lowest BCUT2D eigenvalue weighted by Crippen LogP contribution is -2.44. The molecule has 1 aliphatic carbocycles. The van der Waals surface area contributed by atoms with Crippen molar-refractivity contribution in [3.05, 3.63) is 42.0 Å². The van der Waals surface area contributed by atoms with E-state index in [1.807, 2.05) is 23.9 Å². The van der Waals surface area contributed by atoms with Gasteiger partial charge < -0.3 is 14.9 Å². The fourth-order valence-electron chi connectivity index (χ4n) is 4.97. The minimum Gasteiger partial charge on any atom is -0.389 e. The molecule has 2 fully saturated rings. The summed E-state index contributed by atoms with van der Waals surface area (Å²) < 4.78 is 13.5. The number of nitrogens with zero attached hydrogens (tertiary/aromatic N) is 4. The van der Waals surface area contributed by atoms with E-state index in [9.17, 15) is 14.3 Å². The minimum atomic E-state index is -0.853. The van der Waals surface area contributed by atoms with Crippen molar-refractivity contribution in [1.82, 2.24) is 14.9 Å². The second kappa shape index (κ2) is 9.53. The smallest absolute Gasteiger partial charge is 0.225 e. The van der Waals surface area contributed by atoms with Gasteiger partial charge in [0.25, 0.3) is 0 Å². The second-order valence-electron chi connectivity index (χ2n) is 9.51. The number of aromatic nitrogens is 2. The van der Waals surface area contributed by atoms with Crippen LogP contribution in [-0.4, -0.2) is 58.7 Å². The lowest BCUT2D eigenvalue weighted by Gasteiger charge is -2.37. The summed E-state index contributed by atoms with van der Waals surface area (Å²) in [6.45, 7) is 1.29. The summed E-state index contributed by atoms with van der Waals surface area (Å²) >= 11 is 0. The van der Waals surface area contributed by atoms with Crippen LogP contribution in [0.15, 0.2) is 30.5 Å². The first-order valence-corrected chi connectivity index (χ1v) is 11.6. The first kappa shape index (κ1) is 22.6. The van der Waals surface area contributed by atoms with Gasteiger partial charge in [-0.15, -0.1) is 0 Å². The number of anilines is 1. The molecule has 1 aromatic heterocycles. The third-order valence-corrected chi connectivity index (χ3v) is 6.79. The molecule has 1 aliphatic heterocycles. The molecule has 6 nitrogen and oxygen atoms in total. The van der Waals surface area contributed by atoms with Gasteiger partial charge in [-0.25, -0.2) is 14.4 Å². The van der Waals surface area contributed by atoms with Crippen molar-refractivity contribution >= 4 is 11.9 Å². The van der Waals surface area contributed by atoms with E-state index >= 15 is 0 Å². The molecule has 32 heavy (non-hydrogen) atoms. The van der Waals surface area contributed by atoms with Gasteiger partial charge in [0.1, 0.15) is 5.82 Å². The predicted octanol–water partition coefficient (Wildman–Crippen LogP) is 4.14. The molecule has 7 heteroatoms. The van der Waals surface area contributed by atoms with E-state index in [4.69, 9.17) is 4.98 Å². The maximum Gasteiger partial charge on any atom is 0.225 e. The van der Waals surface area contributed by atoms with Gasteiger partial charge >= 0.3 is 0 Å². The molecular weight excluding hydrogens is 407 g/mol. The van der Waals surface area contributed by atoms with Crippen molar-refractivity contribution < 1.29 is 14.3 Å². The van der Waals surface area contributed by atoms with Crippen LogP contribution in [0.2, 0.25) is 0 Å². The zero-order valence-electron chi connectivity index (χ0n) is 19.1. The number of carbonyl (C=O) groups excluding carboxylic acids is 1. The van der Waals surface area contributed by atoms with Gasteiger partial charge in [-0.1, -0.05) is 31.4 Å². The van der Waals surface area contributed by atoms with E-state index < -0.39 is 5.60 Å². The van der Waals surface area contributed by atoms with Crippen molar-refractivity contribution in [1.29, 1.82) is 0 Å². The number of aliphatic hydroxyl groups is 1. The van der Waals surface area contributed by atoms with Gasteiger partial charge in [-0.2, -0.15) is 0 Å². The summed E-state index contributed by atoms with van der Waals surface area (Å²) in [5.74, 6) is 0.432. The number of piperidine rings is 1. The third-order valence-electron chi connectivity index (χ3n) is 6.79. The Balaban J connectivity index is 1.58. The molecule has 4 rings (SSSR count). The summed E-state index contributed by atoms with van der Waals surface area (Å²) in [6, 6.07) is 6.38. The standard InChI is InChI=1S/C25H33FN4O2/c1-29(2)24-27-16-21(18-8-10-20(26)11-9-18)23(28-24)19-7-6-14-30(17-19)22(31)15-25(32)12-4-3-5-13-25/h8-11,16,19,32H,3-7,12-15,17H2,1-2H3/t19-/m0/s1. The lowest BCUT2D eigenvalue weighted by atomic mass is 9.82. The Morgan fingerprint density at radius 2 is 1.91 bits per heavy atom. The summed E-state index contributed by atoms with van der Waals surface area (Å²) in [5.41, 5.74) is 1.78. The van der Waals surface area contributed by atoms with E-state index in [2.05, 4.69) is 4.98 Å². The van der Waals surface area contributed by atoms with Crippen molar-refractivity contribution in [3.8, 4) is 11.1 Å². The van der Waals surface area contributed by atoms with Gasteiger partial charge in [0.05, 0.1) is 17.7 Å². The van der Waals surface area contributed by atoms with Crippen LogP contribution in [0.5, 0.6) is 0 Å². The van der Waals surface area contributed by atoms with E-state index in [-0.39, 0.29) is 24.1 Å². The first-order valence-electron chi connectivity index (χ1n) is 11.6. The van der Waals surface area contributed by atoms with Crippen LogP contribution in [0.4, 0.5) is 10.3 Å². The van der Waals surface area contributed by atoms with E-state index in [0.717, 1.165) is 48.9 Å². The molecule has 0 radical (unpaired) electrons. The summed E-state index contributed by atoms with van der Waals surface area (Å²) in [5, 5.41) is 10.9. The number of amides is 1. The molecule has 2 aliphatic rings. The van der Waals surface area contributed by atoms with Gasteiger partial charge in [-0.3, -0.25) is 4.79 Å². The molecular formula is C25H33FN4O2. The molecule has 0 bridgehead atoms. The monoisotopic (exact) mass is 440 g/mol. The molecule has 1 atom stereocenters. The normalized spacial score (nSPS) is 20.8. The highest BCUT2D eigenvalue weighted by atomic mass is 19.1. The minimum absolute atomic E-state index is 0.0318. The molecule has 172 valence electrons. The quantitative estimate of drug-likeness (QED) is 0.757. The number of hydrogen-bond donors (Lipinski definition) is 1. The average Bonchev–Trinajstić information content (AvgIpc) is 2.79. The third kappa shape index (κ3) is 5.09. The lowest BCUT2D eigenvalue weighted by molar-refractivity contribution is -0.139. The number of benzene rings is 1. The first-order chi connectivity index (χ1) is 15.3. The SMILES string of the molecule is CN(C)c1ncc(-c2ccc(F)cc2)c([C@H]2CCCN(C(=O)CC3(O)CCCCC3)C2)n1. The Labute approximate surface area is 189 Å². The number of carbonyl (C=O) groups is 1. The van der Waals surface area contributed by atoms with Crippen LogP contribution >= 0.6 is 0 Å². The molecule has 1 N–H and O–H groups in total. The van der Waals surface area contributed by atoms with Crippen LogP contribution in [0.3, 0.4) is 0 Å². The van der Waals surface area contributed by atoms with Crippen molar-refractivity contribution in [2.75, 3.05) is 32.1 Å². The van der Waals surface area contributed by atoms with Crippen LogP contribution in [0, 0.1) is 5.82 Å². The Morgan fingerprint density at radius 1 is 1.19 bits per heavy atom. The van der Waals surface area contributed by atoms with Crippen LogP contribution in [-0.2, 0) is 4.79 Å². The van der Waals surface area contributed by atoms with Gasteiger partial charge in [-0.05, 0) is 43.4 Å². The average molecular weight is 441 g/mol. The highest BCUT2D eigenvalue weighted by molar-refractivity contribution is 5.77. The summed E-state index contributed by atoms with van der Waals surface area (Å²) in [6.07, 6.45) is 8.35. The van der Waals surface area contributed by atoms with E-state index in [0.29, 0.717) is 31.9 Å². The highest BCUT2D eigenvalue weighted by Crippen LogP contribution is 2.36. The Morgan fingerprint density at radius 3 is 2.59 bits per heavy atom. The van der Waals surface area contributed by atoms with Crippen molar-refractivity contribution in [2.24, 2.45) is 0 Å². The Hall–Kier alpha value is -2.54. The maximum absolute atomic E-state index is 13.5. The molecule has 0 unspecified atom stereocenters. The molecule has 2 heterocycles. The molecule has 2 aromatic rings. The number of likely N-dealkylation sites (tertiary alicyclic amines) is 1. The number of rotatable bonds is 5. The van der Waals surface area contributed by atoms with Gasteiger partial charge in [0.15, 0.2) is 0 Å². The van der Waals surface area contributed by atoms with Crippen LogP contribution in [0.1, 0.15) is 63.0 Å². The fourth-order valence-corrected chi connectivity index (χ4v) is 4.97. The second-order valence-corrected chi connectivity index (χ2v) is 9.51. The predicted molar refractivity (Wildman–Crippen MR) is 123 cm³/mol. The zero-order valence-corrected chi connectivity index (χ0v) is 19.1. The van der Waals surface area contributed by atoms with Crippen LogP contribution in [0.25, 0.3) is 11.1 Å². The van der Waals surface area contributed by atoms with Crippen molar-refractivity contribution in [3.63, 3.8) is 0 Å².